The molecule has 1 N–H and O–H groups in total. The van der Waals surface area contributed by atoms with Gasteiger partial charge in [-0.05, 0) is 0 Å². The van der Waals surface area contributed by atoms with Gasteiger partial charge in [0.15, 0.2) is 0 Å². The number of aliphatic hydroxyl groups is 1. The summed E-state index contributed by atoms with van der Waals surface area (Å²) in [5.74, 6) is 0. The number of hydrogen-bond donors (Lipinski definition) is 1. The van der Waals surface area contributed by atoms with Crippen LogP contribution in [0.4, 0.5) is 0 Å². The summed E-state index contributed by atoms with van der Waals surface area (Å²) < 4.78 is 0.130. The monoisotopic (exact) mass is 256 g/mol. The van der Waals surface area contributed by atoms with Crippen LogP contribution in [0, 0.1) is 0 Å². The molecule has 0 amide bonds. The van der Waals surface area contributed by atoms with Crippen molar-refractivity contribution in [1.29, 1.82) is 0 Å². The van der Waals surface area contributed by atoms with Gasteiger partial charge in [0.1, 0.15) is 0 Å². The molecule has 0 aromatic heterocycles. The molecular formula is C7H6Cl2OSe. The molecule has 0 bridgehead atoms. The fourth-order valence-electron chi connectivity index (χ4n) is 0.635. The Bertz CT molecular complexity index is 262. The van der Waals surface area contributed by atoms with Crippen LogP contribution in [0.5, 0.6) is 0 Å². The van der Waals surface area contributed by atoms with Crippen LogP contribution in [-0.4, -0.2) is 25.3 Å². The zero-order valence-corrected chi connectivity index (χ0v) is 8.74. The zero-order valence-electron chi connectivity index (χ0n) is 5.45. The summed E-state index contributed by atoms with van der Waals surface area (Å²) in [5, 5.41) is 9.54. The first-order valence-corrected chi connectivity index (χ1v) is 3.93. The third kappa shape index (κ3) is 2.84. The average molecular weight is 256 g/mol. The molecule has 0 saturated heterocycles. The average Bonchev–Trinajstić information content (AvgIpc) is 1.88. The van der Waals surface area contributed by atoms with Crippen molar-refractivity contribution in [2.45, 2.75) is 0 Å². The predicted molar refractivity (Wildman–Crippen MR) is 50.5 cm³/mol. The van der Waals surface area contributed by atoms with Crippen molar-refractivity contribution in [3.8, 4) is 0 Å². The summed E-state index contributed by atoms with van der Waals surface area (Å²) in [6.45, 7) is 0. The van der Waals surface area contributed by atoms with Crippen LogP contribution in [0.1, 0.15) is 5.56 Å². The zero-order chi connectivity index (χ0) is 7.56. The topological polar surface area (TPSA) is 20.2 Å². The second-order valence-corrected chi connectivity index (χ2v) is 3.00. The molecule has 0 aliphatic rings. The van der Waals surface area contributed by atoms with E-state index in [9.17, 15) is 0 Å². The molecule has 1 aromatic rings. The molecule has 4 heteroatoms. The van der Waals surface area contributed by atoms with Crippen molar-refractivity contribution in [1.82, 2.24) is 0 Å². The van der Waals surface area contributed by atoms with Crippen molar-refractivity contribution < 1.29 is 5.11 Å². The Morgan fingerprint density at radius 1 is 1.36 bits per heavy atom. The molecule has 1 rings (SSSR count). The predicted octanol–water partition coefficient (Wildman–Crippen LogP) is 1.78. The van der Waals surface area contributed by atoms with Crippen molar-refractivity contribution in [3.63, 3.8) is 0 Å². The third-order valence-corrected chi connectivity index (χ3v) is 1.90. The van der Waals surface area contributed by atoms with Crippen LogP contribution < -0.4 is 0 Å². The molecule has 1 nitrogen and oxygen atoms in total. The van der Waals surface area contributed by atoms with E-state index in [1.807, 2.05) is 12.1 Å². The summed E-state index contributed by atoms with van der Waals surface area (Å²) in [6, 6.07) is 7.10. The van der Waals surface area contributed by atoms with Gasteiger partial charge in [0.2, 0.25) is 0 Å². The van der Waals surface area contributed by atoms with Crippen molar-refractivity contribution >= 4 is 44.2 Å². The van der Waals surface area contributed by atoms with Gasteiger partial charge in [0.05, 0.1) is 0 Å². The molecule has 0 fully saturated rings. The Balaban J connectivity index is 0.000001000. The maximum atomic E-state index is 8.98. The van der Waals surface area contributed by atoms with Crippen LogP contribution in [0.2, 0.25) is 5.02 Å². The number of benzene rings is 1. The van der Waals surface area contributed by atoms with E-state index in [1.54, 1.807) is 12.1 Å². The van der Waals surface area contributed by atoms with E-state index in [1.165, 1.54) is 0 Å². The summed E-state index contributed by atoms with van der Waals surface area (Å²) in [5.41, 5.74) is 0.643. The van der Waals surface area contributed by atoms with E-state index >= 15 is 0 Å². The van der Waals surface area contributed by atoms with E-state index in [0.717, 1.165) is 0 Å². The van der Waals surface area contributed by atoms with Gasteiger partial charge >= 0.3 is 71.7 Å². The molecule has 0 aliphatic heterocycles. The van der Waals surface area contributed by atoms with Crippen molar-refractivity contribution in [2.75, 3.05) is 0 Å². The fourth-order valence-corrected chi connectivity index (χ4v) is 1.36. The Hall–Kier alpha value is -0.0105. The van der Waals surface area contributed by atoms with E-state index in [4.69, 9.17) is 16.7 Å². The summed E-state index contributed by atoms with van der Waals surface area (Å²) in [6.07, 6.45) is 0. The van der Waals surface area contributed by atoms with Gasteiger partial charge < -0.3 is 0 Å². The van der Waals surface area contributed by atoms with E-state index in [0.29, 0.717) is 10.6 Å². The number of rotatable bonds is 1. The second-order valence-electron chi connectivity index (χ2n) is 1.78. The van der Waals surface area contributed by atoms with Crippen LogP contribution in [0.25, 0.3) is 0 Å². The Kier molecular flexibility index (Phi) is 4.78. The van der Waals surface area contributed by atoms with Crippen LogP contribution in [0.3, 0.4) is 0 Å². The summed E-state index contributed by atoms with van der Waals surface area (Å²) >= 11 is 8.20. The van der Waals surface area contributed by atoms with Gasteiger partial charge in [0, 0.05) is 0 Å². The van der Waals surface area contributed by atoms with Gasteiger partial charge in [-0.3, -0.25) is 0 Å². The van der Waals surface area contributed by atoms with Crippen LogP contribution in [0.15, 0.2) is 24.3 Å². The second kappa shape index (κ2) is 4.78. The summed E-state index contributed by atoms with van der Waals surface area (Å²) in [7, 11) is 0. The molecule has 0 spiro atoms. The van der Waals surface area contributed by atoms with E-state index < -0.39 is 0 Å². The van der Waals surface area contributed by atoms with Gasteiger partial charge in [-0.25, -0.2) is 0 Å². The molecule has 11 heavy (non-hydrogen) atoms. The quantitative estimate of drug-likeness (QED) is 0.759. The minimum atomic E-state index is 0. The first-order valence-electron chi connectivity index (χ1n) is 2.69. The van der Waals surface area contributed by atoms with Crippen molar-refractivity contribution in [3.05, 3.63) is 34.9 Å². The molecule has 60 valence electrons. The molecule has 0 aliphatic carbocycles. The Morgan fingerprint density at radius 3 is 2.27 bits per heavy atom. The van der Waals surface area contributed by atoms with Crippen LogP contribution >= 0.6 is 24.0 Å². The van der Waals surface area contributed by atoms with Crippen molar-refractivity contribution in [2.24, 2.45) is 0 Å². The number of hydrogen-bond acceptors (Lipinski definition) is 1. The SMILES string of the molecule is Cl.OC(=[Se])c1ccccc1Cl. The molecule has 0 radical (unpaired) electrons. The van der Waals surface area contributed by atoms with Gasteiger partial charge in [-0.1, -0.05) is 0 Å². The summed E-state index contributed by atoms with van der Waals surface area (Å²) in [4.78, 5) is 0. The fraction of sp³-hybridized carbons (Fsp3) is 0. The molecule has 0 atom stereocenters. The van der Waals surface area contributed by atoms with Gasteiger partial charge in [-0.15, -0.1) is 12.4 Å². The van der Waals surface area contributed by atoms with Crippen LogP contribution in [-0.2, 0) is 0 Å². The standard InChI is InChI=1S/C7H5ClOSe.ClH/c8-6-4-2-1-3-5(6)7(9)10;/h1-4H,(H,9,10);1H. The Labute approximate surface area is 84.1 Å². The molecular weight excluding hydrogens is 250 g/mol. The molecule has 0 saturated carbocycles. The molecule has 0 unspecified atom stereocenters. The Morgan fingerprint density at radius 2 is 1.91 bits per heavy atom. The van der Waals surface area contributed by atoms with Gasteiger partial charge in [0.25, 0.3) is 0 Å². The van der Waals surface area contributed by atoms with E-state index in [-0.39, 0.29) is 17.0 Å². The van der Waals surface area contributed by atoms with E-state index in [2.05, 4.69) is 15.6 Å². The maximum absolute atomic E-state index is 8.98. The molecule has 1 aromatic carbocycles. The normalized spacial score (nSPS) is 8.45. The minimum absolute atomic E-state index is 0. The number of aliphatic hydroxyl groups excluding tert-OH is 1. The first kappa shape index (κ1) is 11.0. The first-order chi connectivity index (χ1) is 4.72. The molecule has 0 heterocycles. The van der Waals surface area contributed by atoms with Gasteiger partial charge in [-0.2, -0.15) is 0 Å². The third-order valence-electron chi connectivity index (χ3n) is 1.10. The number of halogens is 2.